The summed E-state index contributed by atoms with van der Waals surface area (Å²) in [6, 6.07) is 13.2. The Bertz CT molecular complexity index is 1220. The molecule has 150 valence electrons. The van der Waals surface area contributed by atoms with Crippen LogP contribution < -0.4 is 15.7 Å². The average Bonchev–Trinajstić information content (AvgIpc) is 2.65. The van der Waals surface area contributed by atoms with Crippen LogP contribution in [0.15, 0.2) is 70.6 Å². The van der Waals surface area contributed by atoms with Crippen molar-refractivity contribution in [3.8, 4) is 0 Å². The van der Waals surface area contributed by atoms with Crippen molar-refractivity contribution >= 4 is 27.3 Å². The minimum absolute atomic E-state index is 0.0513. The van der Waals surface area contributed by atoms with Gasteiger partial charge in [0.2, 0.25) is 5.91 Å². The number of rotatable bonds is 6. The molecule has 2 aromatic carbocycles. The van der Waals surface area contributed by atoms with Crippen molar-refractivity contribution in [2.24, 2.45) is 0 Å². The summed E-state index contributed by atoms with van der Waals surface area (Å²) >= 11 is 0. The fourth-order valence-electron chi connectivity index (χ4n) is 2.75. The Balaban J connectivity index is 1.81. The third kappa shape index (κ3) is 5.08. The van der Waals surface area contributed by atoms with Gasteiger partial charge in [-0.25, -0.2) is 18.2 Å². The van der Waals surface area contributed by atoms with E-state index in [0.29, 0.717) is 16.9 Å². The van der Waals surface area contributed by atoms with Gasteiger partial charge in [-0.2, -0.15) is 0 Å². The molecule has 0 aliphatic rings. The molecule has 0 bridgehead atoms. The van der Waals surface area contributed by atoms with Gasteiger partial charge in [0.15, 0.2) is 0 Å². The topological polar surface area (TPSA) is 110 Å². The number of anilines is 2. The number of nitrogens with zero attached hydrogens (tertiary/aromatic N) is 2. The summed E-state index contributed by atoms with van der Waals surface area (Å²) in [5.41, 5.74) is 1.68. The molecule has 3 aromatic rings. The molecule has 9 heteroatoms. The van der Waals surface area contributed by atoms with E-state index in [1.165, 1.54) is 18.5 Å². The van der Waals surface area contributed by atoms with Gasteiger partial charge in [-0.05, 0) is 55.3 Å². The lowest BCUT2D eigenvalue weighted by Crippen LogP contribution is -2.28. The van der Waals surface area contributed by atoms with E-state index in [4.69, 9.17) is 0 Å². The van der Waals surface area contributed by atoms with E-state index in [9.17, 15) is 18.0 Å². The summed E-state index contributed by atoms with van der Waals surface area (Å²) in [7, 11) is -3.85. The maximum Gasteiger partial charge on any atom is 0.347 e. The summed E-state index contributed by atoms with van der Waals surface area (Å²) in [6.07, 6.45) is 2.79. The highest BCUT2D eigenvalue weighted by Gasteiger charge is 2.18. The second kappa shape index (κ2) is 8.27. The number of nitrogens with one attached hydrogen (secondary N) is 2. The normalized spacial score (nSPS) is 11.1. The van der Waals surface area contributed by atoms with Gasteiger partial charge in [0.1, 0.15) is 6.54 Å². The van der Waals surface area contributed by atoms with Gasteiger partial charge in [0, 0.05) is 23.8 Å². The van der Waals surface area contributed by atoms with Crippen LogP contribution in [0.1, 0.15) is 11.1 Å². The average molecular weight is 412 g/mol. The molecule has 0 aliphatic heterocycles. The third-order valence-electron chi connectivity index (χ3n) is 4.13. The molecule has 0 fully saturated rings. The van der Waals surface area contributed by atoms with Gasteiger partial charge < -0.3 is 5.32 Å². The number of aryl methyl sites for hydroxylation is 2. The zero-order valence-electron chi connectivity index (χ0n) is 15.9. The van der Waals surface area contributed by atoms with Crippen LogP contribution in [-0.2, 0) is 21.4 Å². The summed E-state index contributed by atoms with van der Waals surface area (Å²) in [6.45, 7) is 3.31. The standard InChI is InChI=1S/C20H20N4O4S/c1-14-5-3-6-17(11-14)23-29(27,28)18-12-16(8-7-15(18)2)22-19(25)13-24-10-4-9-21-20(24)26/h3-12,23H,13H2,1-2H3,(H,22,25). The third-order valence-corrected chi connectivity index (χ3v) is 5.65. The van der Waals surface area contributed by atoms with Crippen molar-refractivity contribution in [2.45, 2.75) is 25.3 Å². The van der Waals surface area contributed by atoms with Crippen LogP contribution in [0.5, 0.6) is 0 Å². The fraction of sp³-hybridized carbons (Fsp3) is 0.150. The Hall–Kier alpha value is -3.46. The molecule has 8 nitrogen and oxygen atoms in total. The van der Waals surface area contributed by atoms with Gasteiger partial charge in [-0.3, -0.25) is 14.1 Å². The first-order valence-corrected chi connectivity index (χ1v) is 10.2. The van der Waals surface area contributed by atoms with E-state index < -0.39 is 21.6 Å². The van der Waals surface area contributed by atoms with Crippen molar-refractivity contribution < 1.29 is 13.2 Å². The van der Waals surface area contributed by atoms with Crippen molar-refractivity contribution in [1.29, 1.82) is 0 Å². The first kappa shape index (κ1) is 20.3. The van der Waals surface area contributed by atoms with Gasteiger partial charge in [-0.1, -0.05) is 18.2 Å². The lowest BCUT2D eigenvalue weighted by atomic mass is 10.2. The van der Waals surface area contributed by atoms with Crippen molar-refractivity contribution in [1.82, 2.24) is 9.55 Å². The van der Waals surface area contributed by atoms with Gasteiger partial charge in [0.05, 0.1) is 4.90 Å². The number of amides is 1. The Kier molecular flexibility index (Phi) is 5.79. The molecule has 1 aromatic heterocycles. The second-order valence-electron chi connectivity index (χ2n) is 6.53. The number of carbonyl (C=O) groups excluding carboxylic acids is 1. The fourth-order valence-corrected chi connectivity index (χ4v) is 4.07. The maximum absolute atomic E-state index is 12.8. The van der Waals surface area contributed by atoms with Crippen LogP contribution >= 0.6 is 0 Å². The smallest absolute Gasteiger partial charge is 0.324 e. The predicted octanol–water partition coefficient (Wildman–Crippen LogP) is 2.30. The largest absolute Gasteiger partial charge is 0.347 e. The highest BCUT2D eigenvalue weighted by molar-refractivity contribution is 7.92. The molecule has 29 heavy (non-hydrogen) atoms. The van der Waals surface area contributed by atoms with Gasteiger partial charge in [-0.15, -0.1) is 0 Å². The van der Waals surface area contributed by atoms with E-state index in [0.717, 1.165) is 10.1 Å². The zero-order chi connectivity index (χ0) is 21.0. The van der Waals surface area contributed by atoms with E-state index in [-0.39, 0.29) is 11.4 Å². The number of benzene rings is 2. The minimum atomic E-state index is -3.85. The van der Waals surface area contributed by atoms with E-state index in [1.807, 2.05) is 13.0 Å². The lowest BCUT2D eigenvalue weighted by molar-refractivity contribution is -0.116. The Labute approximate surface area is 168 Å². The summed E-state index contributed by atoms with van der Waals surface area (Å²) in [5, 5.41) is 2.61. The predicted molar refractivity (Wildman–Crippen MR) is 110 cm³/mol. The molecular formula is C20H20N4O4S. The summed E-state index contributed by atoms with van der Waals surface area (Å²) in [4.78, 5) is 27.5. The van der Waals surface area contributed by atoms with E-state index in [1.54, 1.807) is 43.3 Å². The molecule has 0 unspecified atom stereocenters. The first-order chi connectivity index (χ1) is 13.7. The molecule has 2 N–H and O–H groups in total. The molecule has 0 aliphatic carbocycles. The van der Waals surface area contributed by atoms with E-state index in [2.05, 4.69) is 15.0 Å². The van der Waals surface area contributed by atoms with Crippen LogP contribution in [0.25, 0.3) is 0 Å². The number of hydrogen-bond donors (Lipinski definition) is 2. The molecule has 0 atom stereocenters. The number of carbonyl (C=O) groups is 1. The second-order valence-corrected chi connectivity index (χ2v) is 8.18. The Morgan fingerprint density at radius 1 is 1.07 bits per heavy atom. The zero-order valence-corrected chi connectivity index (χ0v) is 16.7. The molecule has 0 saturated carbocycles. The van der Waals surface area contributed by atoms with Crippen LogP contribution in [-0.4, -0.2) is 23.9 Å². The van der Waals surface area contributed by atoms with Crippen molar-refractivity contribution in [2.75, 3.05) is 10.0 Å². The highest BCUT2D eigenvalue weighted by Crippen LogP contribution is 2.23. The quantitative estimate of drug-likeness (QED) is 0.646. The Morgan fingerprint density at radius 2 is 1.86 bits per heavy atom. The van der Waals surface area contributed by atoms with Gasteiger partial charge in [0.25, 0.3) is 10.0 Å². The SMILES string of the molecule is Cc1cccc(NS(=O)(=O)c2cc(NC(=O)Cn3cccnc3=O)ccc2C)c1. The van der Waals surface area contributed by atoms with Gasteiger partial charge >= 0.3 is 5.69 Å². The van der Waals surface area contributed by atoms with E-state index >= 15 is 0 Å². The molecule has 0 saturated heterocycles. The minimum Gasteiger partial charge on any atom is -0.324 e. The van der Waals surface area contributed by atoms with Crippen molar-refractivity contribution in [3.63, 3.8) is 0 Å². The van der Waals surface area contributed by atoms with Crippen molar-refractivity contribution in [3.05, 3.63) is 82.5 Å². The molecule has 0 spiro atoms. The molecule has 1 heterocycles. The molecule has 3 rings (SSSR count). The van der Waals surface area contributed by atoms with Crippen LogP contribution in [0.2, 0.25) is 0 Å². The summed E-state index contributed by atoms with van der Waals surface area (Å²) in [5.74, 6) is -0.473. The molecule has 1 amide bonds. The number of sulfonamides is 1. The maximum atomic E-state index is 12.8. The van der Waals surface area contributed by atoms with Crippen LogP contribution in [0.4, 0.5) is 11.4 Å². The molecular weight excluding hydrogens is 392 g/mol. The Morgan fingerprint density at radius 3 is 2.59 bits per heavy atom. The first-order valence-electron chi connectivity index (χ1n) is 8.76. The van der Waals surface area contributed by atoms with Crippen LogP contribution in [0.3, 0.4) is 0 Å². The lowest BCUT2D eigenvalue weighted by Gasteiger charge is -2.13. The molecule has 0 radical (unpaired) electrons. The number of hydrogen-bond acceptors (Lipinski definition) is 5. The van der Waals surface area contributed by atoms with Crippen LogP contribution in [0, 0.1) is 13.8 Å². The number of aromatic nitrogens is 2. The highest BCUT2D eigenvalue weighted by atomic mass is 32.2. The monoisotopic (exact) mass is 412 g/mol. The summed E-state index contributed by atoms with van der Waals surface area (Å²) < 4.78 is 29.4.